The highest BCUT2D eigenvalue weighted by atomic mass is 35.5. The third-order valence-electron chi connectivity index (χ3n) is 4.21. The topological polar surface area (TPSA) is 86.4 Å². The molecular weight excluding hydrogens is 339 g/mol. The molecule has 0 amide bonds. The van der Waals surface area contributed by atoms with Gasteiger partial charge < -0.3 is 20.7 Å². The molecule has 3 N–H and O–H groups in total. The Morgan fingerprint density at radius 3 is 2.30 bits per heavy atom. The molecule has 1 aromatic carbocycles. The summed E-state index contributed by atoms with van der Waals surface area (Å²) < 4.78 is -0.591. The Balaban J connectivity index is 3.26. The van der Waals surface area contributed by atoms with Crippen molar-refractivity contribution in [2.75, 3.05) is 31.4 Å². The van der Waals surface area contributed by atoms with Gasteiger partial charge in [0.2, 0.25) is 0 Å². The van der Waals surface area contributed by atoms with Crippen molar-refractivity contribution < 1.29 is 9.90 Å². The van der Waals surface area contributed by atoms with E-state index in [-0.39, 0.29) is 37.8 Å². The zero-order chi connectivity index (χ0) is 17.7. The first-order chi connectivity index (χ1) is 10.7. The second-order valence-electron chi connectivity index (χ2n) is 6.05. The number of nitrogens with zero attached hydrogens (tertiary/aromatic N) is 1. The molecule has 0 saturated heterocycles. The molecule has 130 valence electrons. The molecule has 0 heterocycles. The van der Waals surface area contributed by atoms with Crippen molar-refractivity contribution in [2.45, 2.75) is 25.7 Å². The minimum atomic E-state index is -0.903. The molecule has 1 unspecified atom stereocenters. The van der Waals surface area contributed by atoms with Gasteiger partial charge in [0.1, 0.15) is 5.69 Å². The zero-order valence-electron chi connectivity index (χ0n) is 13.5. The fourth-order valence-electron chi connectivity index (χ4n) is 2.83. The number of nitrogens with two attached hydrogens (primary N) is 1. The van der Waals surface area contributed by atoms with Gasteiger partial charge in [0.15, 0.2) is 0 Å². The van der Waals surface area contributed by atoms with Crippen molar-refractivity contribution in [2.24, 2.45) is 5.73 Å². The van der Waals surface area contributed by atoms with Crippen LogP contribution in [0, 0.1) is 12.1 Å². The third-order valence-corrected chi connectivity index (χ3v) is 4.55. The zero-order valence-corrected chi connectivity index (χ0v) is 15.0. The first kappa shape index (κ1) is 20.2. The minimum Gasteiger partial charge on any atom is -0.627 e. The van der Waals surface area contributed by atoms with Gasteiger partial charge in [0, 0.05) is 18.0 Å². The highest BCUT2D eigenvalue weighted by Gasteiger charge is 2.31. The predicted octanol–water partition coefficient (Wildman–Crippen LogP) is 2.97. The Kier molecular flexibility index (Phi) is 7.29. The SMILES string of the molecule is Cc1cc([N+]([O-])(CCCl)CCCl)ccc1C(C)(CN)CC(=O)O. The summed E-state index contributed by atoms with van der Waals surface area (Å²) in [4.78, 5) is 11.1. The molecule has 7 heteroatoms. The van der Waals surface area contributed by atoms with Gasteiger partial charge >= 0.3 is 5.97 Å². The predicted molar refractivity (Wildman–Crippen MR) is 96.2 cm³/mol. The number of benzene rings is 1. The average molecular weight is 363 g/mol. The fraction of sp³-hybridized carbons (Fsp3) is 0.562. The molecule has 23 heavy (non-hydrogen) atoms. The lowest BCUT2D eigenvalue weighted by molar-refractivity contribution is -0.138. The maximum atomic E-state index is 12.9. The summed E-state index contributed by atoms with van der Waals surface area (Å²) in [7, 11) is 0. The second-order valence-corrected chi connectivity index (χ2v) is 6.80. The standard InChI is InChI=1S/C16H24Cl2N2O3/c1-12-9-13(20(23,7-5-17)8-6-18)3-4-14(12)16(2,11-19)10-15(21)22/h3-4,9H,5-8,10-11,19H2,1-2H3,(H,21,22). The van der Waals surface area contributed by atoms with E-state index in [1.54, 1.807) is 18.2 Å². The summed E-state index contributed by atoms with van der Waals surface area (Å²) in [5.74, 6) is -0.429. The first-order valence-electron chi connectivity index (χ1n) is 7.46. The van der Waals surface area contributed by atoms with Gasteiger partial charge in [-0.3, -0.25) is 4.79 Å². The normalized spacial score (nSPS) is 14.5. The van der Waals surface area contributed by atoms with Crippen LogP contribution < -0.4 is 10.4 Å². The number of hydrogen-bond donors (Lipinski definition) is 2. The van der Waals surface area contributed by atoms with Crippen LogP contribution in [0.1, 0.15) is 24.5 Å². The largest absolute Gasteiger partial charge is 0.627 e. The van der Waals surface area contributed by atoms with E-state index in [2.05, 4.69) is 0 Å². The van der Waals surface area contributed by atoms with E-state index in [1.807, 2.05) is 13.8 Å². The minimum absolute atomic E-state index is 0.0651. The van der Waals surface area contributed by atoms with Crippen LogP contribution in [0.5, 0.6) is 0 Å². The first-order valence-corrected chi connectivity index (χ1v) is 8.53. The molecule has 0 aliphatic carbocycles. The number of hydroxylamine groups is 2. The molecule has 0 fully saturated rings. The van der Waals surface area contributed by atoms with Crippen LogP contribution in [0.3, 0.4) is 0 Å². The van der Waals surface area contributed by atoms with Crippen molar-refractivity contribution in [1.82, 2.24) is 4.65 Å². The molecular formula is C16H24Cl2N2O3. The van der Waals surface area contributed by atoms with Gasteiger partial charge in [-0.1, -0.05) is 13.0 Å². The lowest BCUT2D eigenvalue weighted by Gasteiger charge is -2.42. The molecule has 1 rings (SSSR count). The number of alkyl halides is 2. The van der Waals surface area contributed by atoms with Gasteiger partial charge in [-0.15, -0.1) is 23.2 Å². The van der Waals surface area contributed by atoms with E-state index in [0.29, 0.717) is 5.69 Å². The molecule has 0 aromatic heterocycles. The van der Waals surface area contributed by atoms with Crippen molar-refractivity contribution in [3.05, 3.63) is 34.5 Å². The summed E-state index contributed by atoms with van der Waals surface area (Å²) in [6.45, 7) is 4.35. The summed E-state index contributed by atoms with van der Waals surface area (Å²) in [5.41, 5.74) is 7.40. The van der Waals surface area contributed by atoms with Crippen molar-refractivity contribution in [1.29, 1.82) is 0 Å². The molecule has 0 aliphatic heterocycles. The van der Waals surface area contributed by atoms with Gasteiger partial charge in [-0.05, 0) is 24.1 Å². The summed E-state index contributed by atoms with van der Waals surface area (Å²) in [6, 6.07) is 5.31. The van der Waals surface area contributed by atoms with Gasteiger partial charge in [-0.2, -0.15) is 0 Å². The van der Waals surface area contributed by atoms with Gasteiger partial charge in [0.25, 0.3) is 0 Å². The summed E-state index contributed by atoms with van der Waals surface area (Å²) >= 11 is 11.5. The molecule has 0 saturated carbocycles. The Morgan fingerprint density at radius 2 is 1.91 bits per heavy atom. The second kappa shape index (κ2) is 8.31. The molecule has 0 radical (unpaired) electrons. The molecule has 1 atom stereocenters. The average Bonchev–Trinajstić information content (AvgIpc) is 2.46. The van der Waals surface area contributed by atoms with Crippen LogP contribution in [0.15, 0.2) is 18.2 Å². The molecule has 0 aliphatic rings. The molecule has 1 aromatic rings. The monoisotopic (exact) mass is 362 g/mol. The van der Waals surface area contributed by atoms with Crippen LogP contribution in [0.25, 0.3) is 0 Å². The lowest BCUT2D eigenvalue weighted by atomic mass is 9.77. The number of aliphatic carboxylic acids is 1. The van der Waals surface area contributed by atoms with E-state index < -0.39 is 16.0 Å². The van der Waals surface area contributed by atoms with Gasteiger partial charge in [-0.25, -0.2) is 0 Å². The van der Waals surface area contributed by atoms with Crippen LogP contribution >= 0.6 is 23.2 Å². The summed E-state index contributed by atoms with van der Waals surface area (Å²) in [6.07, 6.45) is -0.0651. The van der Waals surface area contributed by atoms with Crippen LogP contribution in [0.4, 0.5) is 5.69 Å². The highest BCUT2D eigenvalue weighted by Crippen LogP contribution is 2.33. The molecule has 5 nitrogen and oxygen atoms in total. The van der Waals surface area contributed by atoms with Crippen LogP contribution in [0.2, 0.25) is 0 Å². The number of carbonyl (C=O) groups is 1. The van der Waals surface area contributed by atoms with Crippen molar-refractivity contribution >= 4 is 34.9 Å². The maximum Gasteiger partial charge on any atom is 0.304 e. The fourth-order valence-corrected chi connectivity index (χ4v) is 3.38. The van der Waals surface area contributed by atoms with E-state index >= 15 is 0 Å². The van der Waals surface area contributed by atoms with Gasteiger partial charge in [0.05, 0.1) is 31.3 Å². The summed E-state index contributed by atoms with van der Waals surface area (Å²) in [5, 5.41) is 22.0. The maximum absolute atomic E-state index is 12.9. The van der Waals surface area contributed by atoms with Crippen LogP contribution in [-0.4, -0.2) is 42.5 Å². The Hall–Kier alpha value is -0.850. The Labute approximate surface area is 147 Å². The third kappa shape index (κ3) is 4.81. The van der Waals surface area contributed by atoms with Crippen molar-refractivity contribution in [3.63, 3.8) is 0 Å². The number of carboxylic acid groups (broad SMARTS) is 1. The van der Waals surface area contributed by atoms with E-state index in [1.165, 1.54) is 0 Å². The smallest absolute Gasteiger partial charge is 0.304 e. The van der Waals surface area contributed by atoms with E-state index in [4.69, 9.17) is 34.0 Å². The van der Waals surface area contributed by atoms with E-state index in [9.17, 15) is 10.0 Å². The highest BCUT2D eigenvalue weighted by molar-refractivity contribution is 6.18. The number of rotatable bonds is 9. The van der Waals surface area contributed by atoms with Crippen LogP contribution in [-0.2, 0) is 10.2 Å². The van der Waals surface area contributed by atoms with Crippen molar-refractivity contribution in [3.8, 4) is 0 Å². The Bertz CT molecular complexity index is 548. The Morgan fingerprint density at radius 1 is 1.35 bits per heavy atom. The quantitative estimate of drug-likeness (QED) is 0.401. The number of aryl methyl sites for hydroxylation is 1. The molecule has 0 bridgehead atoms. The number of hydrogen-bond acceptors (Lipinski definition) is 3. The molecule has 0 spiro atoms. The lowest BCUT2D eigenvalue weighted by Crippen LogP contribution is -2.46. The van der Waals surface area contributed by atoms with E-state index in [0.717, 1.165) is 11.1 Å². The number of halogens is 2. The number of quaternary nitrogens is 1. The number of carboxylic acids is 1.